The fraction of sp³-hybridized carbons (Fsp3) is 0.455. The van der Waals surface area contributed by atoms with Crippen molar-refractivity contribution in [2.24, 2.45) is 0 Å². The largest absolute Gasteiger partial charge is 0.489 e. The standard InChI is InChI=1S/C11H13ClN2O2S/c1-3-15-4-5-16-11-7(2)6-8(12)9-10(11)14-17-13-9/h6H,3-5H2,1-2H3. The maximum absolute atomic E-state index is 6.08. The summed E-state index contributed by atoms with van der Waals surface area (Å²) in [7, 11) is 0. The van der Waals surface area contributed by atoms with Gasteiger partial charge in [-0.2, -0.15) is 8.75 Å². The van der Waals surface area contributed by atoms with Crippen LogP contribution >= 0.6 is 23.3 Å². The van der Waals surface area contributed by atoms with Crippen LogP contribution in [0.1, 0.15) is 12.5 Å². The van der Waals surface area contributed by atoms with Crippen molar-refractivity contribution < 1.29 is 9.47 Å². The summed E-state index contributed by atoms with van der Waals surface area (Å²) in [6, 6.07) is 1.85. The van der Waals surface area contributed by atoms with E-state index >= 15 is 0 Å². The Kier molecular flexibility index (Phi) is 4.15. The van der Waals surface area contributed by atoms with Gasteiger partial charge in [-0.05, 0) is 25.5 Å². The molecule has 0 fully saturated rings. The van der Waals surface area contributed by atoms with E-state index in [2.05, 4.69) is 8.75 Å². The molecule has 4 nitrogen and oxygen atoms in total. The van der Waals surface area contributed by atoms with E-state index in [0.29, 0.717) is 30.4 Å². The van der Waals surface area contributed by atoms with Crippen molar-refractivity contribution in [1.29, 1.82) is 0 Å². The second-order valence-electron chi connectivity index (χ2n) is 3.51. The summed E-state index contributed by atoms with van der Waals surface area (Å²) in [5.74, 6) is 0.748. The number of hydrogen-bond donors (Lipinski definition) is 0. The first-order chi connectivity index (χ1) is 8.24. The van der Waals surface area contributed by atoms with Crippen LogP contribution in [0.4, 0.5) is 0 Å². The second-order valence-corrected chi connectivity index (χ2v) is 4.45. The summed E-state index contributed by atoms with van der Waals surface area (Å²) in [6.45, 7) is 5.66. The number of nitrogens with zero attached hydrogens (tertiary/aromatic N) is 2. The van der Waals surface area contributed by atoms with Crippen molar-refractivity contribution in [1.82, 2.24) is 8.75 Å². The molecule has 0 unspecified atom stereocenters. The first kappa shape index (κ1) is 12.5. The van der Waals surface area contributed by atoms with Crippen LogP contribution in [0.2, 0.25) is 5.02 Å². The molecule has 0 saturated carbocycles. The van der Waals surface area contributed by atoms with Gasteiger partial charge in [0.1, 0.15) is 17.6 Å². The van der Waals surface area contributed by atoms with Gasteiger partial charge < -0.3 is 9.47 Å². The summed E-state index contributed by atoms with van der Waals surface area (Å²) >= 11 is 7.22. The molecule has 0 aliphatic rings. The zero-order valence-corrected chi connectivity index (χ0v) is 11.3. The van der Waals surface area contributed by atoms with E-state index in [-0.39, 0.29) is 0 Å². The third-order valence-electron chi connectivity index (χ3n) is 2.31. The highest BCUT2D eigenvalue weighted by atomic mass is 35.5. The number of ether oxygens (including phenoxy) is 2. The Labute approximate surface area is 109 Å². The van der Waals surface area contributed by atoms with Crippen molar-refractivity contribution in [3.8, 4) is 5.75 Å². The minimum Gasteiger partial charge on any atom is -0.489 e. The fourth-order valence-corrected chi connectivity index (χ4v) is 2.44. The van der Waals surface area contributed by atoms with Crippen LogP contribution in [0.5, 0.6) is 5.75 Å². The van der Waals surface area contributed by atoms with Gasteiger partial charge >= 0.3 is 0 Å². The van der Waals surface area contributed by atoms with Gasteiger partial charge in [-0.3, -0.25) is 0 Å². The third kappa shape index (κ3) is 2.68. The highest BCUT2D eigenvalue weighted by Gasteiger charge is 2.13. The molecule has 0 spiro atoms. The Morgan fingerprint density at radius 3 is 2.82 bits per heavy atom. The first-order valence-corrected chi connectivity index (χ1v) is 6.46. The lowest BCUT2D eigenvalue weighted by Crippen LogP contribution is -2.07. The van der Waals surface area contributed by atoms with E-state index in [1.165, 1.54) is 0 Å². The molecule has 0 N–H and O–H groups in total. The molecule has 0 saturated heterocycles. The predicted octanol–water partition coefficient (Wildman–Crippen LogP) is 3.07. The lowest BCUT2D eigenvalue weighted by molar-refractivity contribution is 0.110. The number of benzene rings is 1. The van der Waals surface area contributed by atoms with Gasteiger partial charge in [0.25, 0.3) is 0 Å². The average Bonchev–Trinajstić information content (AvgIpc) is 2.77. The summed E-state index contributed by atoms with van der Waals surface area (Å²) in [6.07, 6.45) is 0. The summed E-state index contributed by atoms with van der Waals surface area (Å²) in [5, 5.41) is 0.614. The molecule has 0 bridgehead atoms. The number of aromatic nitrogens is 2. The molecular formula is C11H13ClN2O2S. The molecule has 0 atom stereocenters. The van der Waals surface area contributed by atoms with Crippen molar-refractivity contribution in [2.75, 3.05) is 19.8 Å². The fourth-order valence-electron chi connectivity index (χ4n) is 1.53. The normalized spacial score (nSPS) is 11.0. The lowest BCUT2D eigenvalue weighted by atomic mass is 10.2. The molecule has 2 aromatic rings. The molecule has 0 radical (unpaired) electrons. The van der Waals surface area contributed by atoms with Gasteiger partial charge in [0.2, 0.25) is 0 Å². The first-order valence-electron chi connectivity index (χ1n) is 5.36. The molecule has 1 aromatic heterocycles. The Morgan fingerprint density at radius 1 is 1.29 bits per heavy atom. The van der Waals surface area contributed by atoms with Gasteiger partial charge in [-0.15, -0.1) is 0 Å². The van der Waals surface area contributed by atoms with Crippen LogP contribution in [0.15, 0.2) is 6.07 Å². The van der Waals surface area contributed by atoms with Gasteiger partial charge in [0.05, 0.1) is 23.4 Å². The van der Waals surface area contributed by atoms with E-state index in [0.717, 1.165) is 28.6 Å². The average molecular weight is 273 g/mol. The molecule has 0 aliphatic heterocycles. The SMILES string of the molecule is CCOCCOc1c(C)cc(Cl)c2nsnc12. The highest BCUT2D eigenvalue weighted by molar-refractivity contribution is 7.00. The van der Waals surface area contributed by atoms with Crippen LogP contribution in [-0.2, 0) is 4.74 Å². The topological polar surface area (TPSA) is 44.2 Å². The van der Waals surface area contributed by atoms with Crippen molar-refractivity contribution >= 4 is 34.4 Å². The number of rotatable bonds is 5. The third-order valence-corrected chi connectivity index (χ3v) is 3.13. The van der Waals surface area contributed by atoms with E-state index in [4.69, 9.17) is 21.1 Å². The summed E-state index contributed by atoms with van der Waals surface area (Å²) < 4.78 is 19.3. The van der Waals surface area contributed by atoms with Crippen LogP contribution in [-0.4, -0.2) is 28.6 Å². The van der Waals surface area contributed by atoms with E-state index in [1.54, 1.807) is 0 Å². The lowest BCUT2D eigenvalue weighted by Gasteiger charge is -2.09. The molecule has 17 heavy (non-hydrogen) atoms. The van der Waals surface area contributed by atoms with E-state index in [1.807, 2.05) is 19.9 Å². The zero-order chi connectivity index (χ0) is 12.3. The molecule has 6 heteroatoms. The molecule has 2 rings (SSSR count). The number of aryl methyl sites for hydroxylation is 1. The van der Waals surface area contributed by atoms with Crippen molar-refractivity contribution in [3.05, 3.63) is 16.7 Å². The van der Waals surface area contributed by atoms with Crippen LogP contribution in [0.3, 0.4) is 0 Å². The Morgan fingerprint density at radius 2 is 2.06 bits per heavy atom. The zero-order valence-electron chi connectivity index (χ0n) is 9.70. The summed E-state index contributed by atoms with van der Waals surface area (Å²) in [4.78, 5) is 0. The maximum atomic E-state index is 6.08. The van der Waals surface area contributed by atoms with E-state index < -0.39 is 0 Å². The van der Waals surface area contributed by atoms with Gasteiger partial charge in [0, 0.05) is 6.61 Å². The molecular weight excluding hydrogens is 260 g/mol. The predicted molar refractivity (Wildman–Crippen MR) is 69.2 cm³/mol. The Balaban J connectivity index is 2.23. The van der Waals surface area contributed by atoms with Gasteiger partial charge in [0.15, 0.2) is 5.75 Å². The van der Waals surface area contributed by atoms with Crippen molar-refractivity contribution in [2.45, 2.75) is 13.8 Å². The molecule has 0 amide bonds. The molecule has 1 heterocycles. The van der Waals surface area contributed by atoms with Gasteiger partial charge in [-0.1, -0.05) is 11.6 Å². The monoisotopic (exact) mass is 272 g/mol. The maximum Gasteiger partial charge on any atom is 0.151 e. The minimum atomic E-state index is 0.503. The van der Waals surface area contributed by atoms with Crippen LogP contribution in [0.25, 0.3) is 11.0 Å². The molecule has 1 aromatic carbocycles. The quantitative estimate of drug-likeness (QED) is 0.785. The molecule has 92 valence electrons. The highest BCUT2D eigenvalue weighted by Crippen LogP contribution is 2.33. The van der Waals surface area contributed by atoms with Gasteiger partial charge in [-0.25, -0.2) is 0 Å². The summed E-state index contributed by atoms with van der Waals surface area (Å²) in [5.41, 5.74) is 2.40. The van der Waals surface area contributed by atoms with Crippen molar-refractivity contribution in [3.63, 3.8) is 0 Å². The molecule has 0 aliphatic carbocycles. The van der Waals surface area contributed by atoms with Crippen LogP contribution in [0, 0.1) is 6.92 Å². The number of hydrogen-bond acceptors (Lipinski definition) is 5. The van der Waals surface area contributed by atoms with E-state index in [9.17, 15) is 0 Å². The Bertz CT molecular complexity index is 515. The minimum absolute atomic E-state index is 0.503. The van der Waals surface area contributed by atoms with Crippen LogP contribution < -0.4 is 4.74 Å². The number of halogens is 1. The smallest absolute Gasteiger partial charge is 0.151 e. The second kappa shape index (κ2) is 5.62. The number of fused-ring (bicyclic) bond motifs is 1. The Hall–Kier alpha value is -0.910.